The zero-order chi connectivity index (χ0) is 13.4. The Bertz CT molecular complexity index is 555. The molecule has 1 aliphatic rings. The summed E-state index contributed by atoms with van der Waals surface area (Å²) >= 11 is 2.10. The predicted molar refractivity (Wildman–Crippen MR) is 75.4 cm³/mol. The smallest absolute Gasteiger partial charge is 0.327 e. The quantitative estimate of drug-likeness (QED) is 0.454. The molecule has 0 amide bonds. The number of alkyl halides is 1. The monoisotopic (exact) mass is 380 g/mol. The third kappa shape index (κ3) is 1.85. The fraction of sp³-hybridized carbons (Fsp3) is 0.417. The lowest BCUT2D eigenvalue weighted by Crippen LogP contribution is -2.36. The predicted octanol–water partition coefficient (Wildman–Crippen LogP) is 1.83. The molecule has 0 heterocycles. The number of sulfone groups is 1. The van der Waals surface area contributed by atoms with Gasteiger partial charge in [0.15, 0.2) is 14.6 Å². The van der Waals surface area contributed by atoms with Crippen LogP contribution in [0.2, 0.25) is 0 Å². The average Bonchev–Trinajstić information content (AvgIpc) is 3.15. The van der Waals surface area contributed by atoms with Crippen molar-refractivity contribution in [3.63, 3.8) is 0 Å². The maximum absolute atomic E-state index is 12.6. The molecule has 0 aliphatic heterocycles. The summed E-state index contributed by atoms with van der Waals surface area (Å²) < 4.78 is 29.1. The van der Waals surface area contributed by atoms with Gasteiger partial charge in [-0.25, -0.2) is 8.42 Å². The van der Waals surface area contributed by atoms with E-state index in [1.807, 2.05) is 0 Å². The van der Waals surface area contributed by atoms with Gasteiger partial charge in [-0.05, 0) is 18.6 Å². The van der Waals surface area contributed by atoms with Gasteiger partial charge in [0, 0.05) is 10.3 Å². The molecule has 18 heavy (non-hydrogen) atoms. The van der Waals surface area contributed by atoms with Gasteiger partial charge in [0.05, 0.1) is 12.0 Å². The van der Waals surface area contributed by atoms with E-state index < -0.39 is 20.6 Å². The van der Waals surface area contributed by atoms with Crippen LogP contribution in [0.25, 0.3) is 0 Å². The normalized spacial score (nSPS) is 26.7. The van der Waals surface area contributed by atoms with Gasteiger partial charge >= 0.3 is 5.97 Å². The number of ether oxygens (including phenoxy) is 1. The van der Waals surface area contributed by atoms with Crippen LogP contribution in [0.3, 0.4) is 0 Å². The minimum absolute atomic E-state index is 0.157. The number of hydrogen-bond donors (Lipinski definition) is 0. The summed E-state index contributed by atoms with van der Waals surface area (Å²) in [6.07, 6.45) is 0.347. The summed E-state index contributed by atoms with van der Waals surface area (Å²) in [4.78, 5) is 12.1. The number of esters is 1. The van der Waals surface area contributed by atoms with E-state index in [1.54, 1.807) is 18.2 Å². The maximum atomic E-state index is 12.6. The molecule has 98 valence electrons. The fourth-order valence-corrected chi connectivity index (χ4v) is 5.70. The van der Waals surface area contributed by atoms with Crippen molar-refractivity contribution >= 4 is 38.4 Å². The molecule has 1 aromatic carbocycles. The van der Waals surface area contributed by atoms with Crippen molar-refractivity contribution < 1.29 is 17.9 Å². The van der Waals surface area contributed by atoms with Crippen LogP contribution in [0.1, 0.15) is 6.42 Å². The molecule has 0 spiro atoms. The van der Waals surface area contributed by atoms with E-state index in [2.05, 4.69) is 22.6 Å². The van der Waals surface area contributed by atoms with Crippen molar-refractivity contribution in [3.8, 4) is 0 Å². The topological polar surface area (TPSA) is 60.4 Å². The standard InChI is InChI=1S/C12H13IO4S/c1-17-11(14)12(7-9(12)8-13)18(15,16)10-5-3-2-4-6-10/h2-6,9H,7-8H2,1H3/t9-,12+/m1/s1. The van der Waals surface area contributed by atoms with Crippen LogP contribution in [0.4, 0.5) is 0 Å². The van der Waals surface area contributed by atoms with E-state index in [0.717, 1.165) is 0 Å². The van der Waals surface area contributed by atoms with Crippen molar-refractivity contribution in [1.29, 1.82) is 0 Å². The SMILES string of the molecule is COC(=O)[C@]1(S(=O)(=O)c2ccccc2)C[C@@H]1CI. The molecule has 0 unspecified atom stereocenters. The summed E-state index contributed by atoms with van der Waals surface area (Å²) in [6, 6.07) is 8.08. The second-order valence-corrected chi connectivity index (χ2v) is 7.34. The van der Waals surface area contributed by atoms with Gasteiger partial charge in [0.2, 0.25) is 0 Å². The Morgan fingerprint density at radius 2 is 2.06 bits per heavy atom. The van der Waals surface area contributed by atoms with Crippen LogP contribution in [0.5, 0.6) is 0 Å². The van der Waals surface area contributed by atoms with E-state index in [9.17, 15) is 13.2 Å². The lowest BCUT2D eigenvalue weighted by Gasteiger charge is -2.15. The zero-order valence-corrected chi connectivity index (χ0v) is 12.8. The molecule has 0 radical (unpaired) electrons. The van der Waals surface area contributed by atoms with Gasteiger partial charge in [-0.3, -0.25) is 4.79 Å². The first-order chi connectivity index (χ1) is 8.50. The fourth-order valence-electron chi connectivity index (χ4n) is 2.16. The molecular weight excluding hydrogens is 367 g/mol. The van der Waals surface area contributed by atoms with Crippen LogP contribution < -0.4 is 0 Å². The third-order valence-electron chi connectivity index (χ3n) is 3.30. The van der Waals surface area contributed by atoms with Crippen molar-refractivity contribution in [1.82, 2.24) is 0 Å². The first-order valence-electron chi connectivity index (χ1n) is 5.44. The largest absolute Gasteiger partial charge is 0.468 e. The molecular formula is C12H13IO4S. The van der Waals surface area contributed by atoms with Gasteiger partial charge < -0.3 is 4.74 Å². The maximum Gasteiger partial charge on any atom is 0.327 e. The van der Waals surface area contributed by atoms with Crippen LogP contribution in [-0.4, -0.2) is 30.7 Å². The molecule has 0 bridgehead atoms. The number of benzene rings is 1. The van der Waals surface area contributed by atoms with E-state index in [0.29, 0.717) is 10.8 Å². The van der Waals surface area contributed by atoms with Gasteiger partial charge in [-0.15, -0.1) is 0 Å². The average molecular weight is 380 g/mol. The van der Waals surface area contributed by atoms with Crippen LogP contribution in [0.15, 0.2) is 35.2 Å². The summed E-state index contributed by atoms with van der Waals surface area (Å²) in [5, 5.41) is 0. The second kappa shape index (κ2) is 4.80. The summed E-state index contributed by atoms with van der Waals surface area (Å²) in [6.45, 7) is 0. The lowest BCUT2D eigenvalue weighted by molar-refractivity contribution is -0.141. The van der Waals surface area contributed by atoms with Crippen LogP contribution >= 0.6 is 22.6 Å². The number of hydrogen-bond acceptors (Lipinski definition) is 4. The van der Waals surface area contributed by atoms with Gasteiger partial charge in [-0.2, -0.15) is 0 Å². The molecule has 1 fully saturated rings. The van der Waals surface area contributed by atoms with Gasteiger partial charge in [0.1, 0.15) is 0 Å². The Hall–Kier alpha value is -0.630. The Kier molecular flexibility index (Phi) is 3.68. The van der Waals surface area contributed by atoms with Crippen molar-refractivity contribution in [2.45, 2.75) is 16.1 Å². The minimum Gasteiger partial charge on any atom is -0.468 e. The van der Waals surface area contributed by atoms with E-state index >= 15 is 0 Å². The molecule has 4 nitrogen and oxygen atoms in total. The number of rotatable bonds is 4. The Morgan fingerprint density at radius 1 is 1.44 bits per heavy atom. The molecule has 0 N–H and O–H groups in total. The van der Waals surface area contributed by atoms with E-state index in [4.69, 9.17) is 4.74 Å². The lowest BCUT2D eigenvalue weighted by atomic mass is 10.3. The molecule has 2 rings (SSSR count). The number of carbonyl (C=O) groups excluding carboxylic acids is 1. The van der Waals surface area contributed by atoms with Crippen molar-refractivity contribution in [2.75, 3.05) is 11.5 Å². The first-order valence-corrected chi connectivity index (χ1v) is 8.45. The Morgan fingerprint density at radius 3 is 2.50 bits per heavy atom. The Labute approximate surface area is 120 Å². The molecule has 0 saturated heterocycles. The highest BCUT2D eigenvalue weighted by Gasteiger charge is 2.69. The Balaban J connectivity index is 2.49. The van der Waals surface area contributed by atoms with Crippen molar-refractivity contribution in [2.24, 2.45) is 5.92 Å². The third-order valence-corrected chi connectivity index (χ3v) is 6.88. The van der Waals surface area contributed by atoms with Crippen LogP contribution in [0, 0.1) is 5.92 Å². The molecule has 6 heteroatoms. The first kappa shape index (κ1) is 13.8. The van der Waals surface area contributed by atoms with E-state index in [-0.39, 0.29) is 10.8 Å². The number of methoxy groups -OCH3 is 1. The molecule has 1 aliphatic carbocycles. The molecule has 1 saturated carbocycles. The molecule has 2 atom stereocenters. The molecule has 1 aromatic rings. The minimum atomic E-state index is -3.68. The highest BCUT2D eigenvalue weighted by molar-refractivity contribution is 14.1. The zero-order valence-electron chi connectivity index (χ0n) is 9.80. The number of halogens is 1. The summed E-state index contributed by atoms with van der Waals surface area (Å²) in [7, 11) is -2.45. The summed E-state index contributed by atoms with van der Waals surface area (Å²) in [5.74, 6) is -0.802. The summed E-state index contributed by atoms with van der Waals surface area (Å²) in [5.41, 5.74) is 0. The van der Waals surface area contributed by atoms with E-state index in [1.165, 1.54) is 19.2 Å². The van der Waals surface area contributed by atoms with Gasteiger partial charge in [-0.1, -0.05) is 40.8 Å². The van der Waals surface area contributed by atoms with Crippen molar-refractivity contribution in [3.05, 3.63) is 30.3 Å². The second-order valence-electron chi connectivity index (χ2n) is 4.25. The number of carbonyl (C=O) groups is 1. The van der Waals surface area contributed by atoms with Crippen LogP contribution in [-0.2, 0) is 19.4 Å². The highest BCUT2D eigenvalue weighted by Crippen LogP contribution is 2.54. The molecule has 0 aromatic heterocycles. The highest BCUT2D eigenvalue weighted by atomic mass is 127. The van der Waals surface area contributed by atoms with Gasteiger partial charge in [0.25, 0.3) is 0 Å².